The van der Waals surface area contributed by atoms with Crippen LogP contribution < -0.4 is 5.43 Å². The molecule has 0 aliphatic rings. The molecule has 0 bridgehead atoms. The molecule has 2 aromatic heterocycles. The van der Waals surface area contributed by atoms with Gasteiger partial charge in [0.05, 0.1) is 0 Å². The number of carbonyl (C=O) groups is 1. The average molecular weight is 296 g/mol. The first-order valence-corrected chi connectivity index (χ1v) is 7.31. The van der Waals surface area contributed by atoms with E-state index in [0.717, 1.165) is 12.8 Å². The van der Waals surface area contributed by atoms with Gasteiger partial charge in [0.1, 0.15) is 11.5 Å². The van der Waals surface area contributed by atoms with E-state index in [1.54, 1.807) is 24.3 Å². The van der Waals surface area contributed by atoms with Crippen molar-refractivity contribution >= 4 is 16.9 Å². The SMILES string of the molecule is CCCCc1cc(=O)c2n[nH]c(C(=O)c3ccccc3)c2o1. The van der Waals surface area contributed by atoms with Gasteiger partial charge in [-0.2, -0.15) is 5.10 Å². The van der Waals surface area contributed by atoms with Crippen molar-refractivity contribution in [2.24, 2.45) is 0 Å². The van der Waals surface area contributed by atoms with Gasteiger partial charge < -0.3 is 4.42 Å². The van der Waals surface area contributed by atoms with Crippen LogP contribution in [0.5, 0.6) is 0 Å². The van der Waals surface area contributed by atoms with Crippen LogP contribution >= 0.6 is 0 Å². The van der Waals surface area contributed by atoms with Crippen LogP contribution in [0.15, 0.2) is 45.6 Å². The lowest BCUT2D eigenvalue weighted by molar-refractivity contribution is 0.103. The van der Waals surface area contributed by atoms with Crippen LogP contribution in [0.4, 0.5) is 0 Å². The predicted octanol–water partition coefficient (Wildman–Crippen LogP) is 3.09. The second-order valence-electron chi connectivity index (χ2n) is 5.15. The third-order valence-electron chi connectivity index (χ3n) is 3.52. The summed E-state index contributed by atoms with van der Waals surface area (Å²) in [4.78, 5) is 24.6. The van der Waals surface area contributed by atoms with Gasteiger partial charge in [-0.3, -0.25) is 14.7 Å². The number of aromatic amines is 1. The lowest BCUT2D eigenvalue weighted by Crippen LogP contribution is -2.04. The Morgan fingerprint density at radius 3 is 2.77 bits per heavy atom. The molecule has 0 fully saturated rings. The summed E-state index contributed by atoms with van der Waals surface area (Å²) in [5.74, 6) is 0.349. The van der Waals surface area contributed by atoms with Crippen LogP contribution in [-0.4, -0.2) is 16.0 Å². The molecule has 1 aromatic carbocycles. The van der Waals surface area contributed by atoms with Crippen molar-refractivity contribution in [3.8, 4) is 0 Å². The third-order valence-corrected chi connectivity index (χ3v) is 3.52. The number of nitrogens with zero attached hydrogens (tertiary/aromatic N) is 1. The molecule has 0 saturated heterocycles. The zero-order valence-corrected chi connectivity index (χ0v) is 12.3. The molecule has 5 heteroatoms. The first kappa shape index (κ1) is 14.3. The van der Waals surface area contributed by atoms with Crippen LogP contribution in [0.1, 0.15) is 41.6 Å². The highest BCUT2D eigenvalue weighted by atomic mass is 16.3. The van der Waals surface area contributed by atoms with Crippen molar-refractivity contribution in [1.29, 1.82) is 0 Å². The number of aromatic nitrogens is 2. The van der Waals surface area contributed by atoms with Crippen molar-refractivity contribution in [3.63, 3.8) is 0 Å². The first-order valence-electron chi connectivity index (χ1n) is 7.31. The van der Waals surface area contributed by atoms with E-state index in [9.17, 15) is 9.59 Å². The molecule has 0 atom stereocenters. The van der Waals surface area contributed by atoms with E-state index in [-0.39, 0.29) is 28.0 Å². The van der Waals surface area contributed by atoms with Gasteiger partial charge in [-0.1, -0.05) is 43.7 Å². The number of ketones is 1. The van der Waals surface area contributed by atoms with Gasteiger partial charge in [0, 0.05) is 18.1 Å². The number of carbonyl (C=O) groups excluding carboxylic acids is 1. The van der Waals surface area contributed by atoms with E-state index in [2.05, 4.69) is 17.1 Å². The maximum atomic E-state index is 12.5. The highest BCUT2D eigenvalue weighted by Gasteiger charge is 2.19. The minimum Gasteiger partial charge on any atom is -0.457 e. The Bertz CT molecular complexity index is 862. The number of unbranched alkanes of at least 4 members (excludes halogenated alkanes) is 1. The van der Waals surface area contributed by atoms with E-state index in [1.165, 1.54) is 6.07 Å². The Morgan fingerprint density at radius 2 is 2.05 bits per heavy atom. The fourth-order valence-corrected chi connectivity index (χ4v) is 2.34. The molecule has 112 valence electrons. The van der Waals surface area contributed by atoms with E-state index >= 15 is 0 Å². The number of hydrogen-bond acceptors (Lipinski definition) is 4. The molecule has 0 unspecified atom stereocenters. The zero-order chi connectivity index (χ0) is 15.5. The van der Waals surface area contributed by atoms with Gasteiger partial charge in [0.25, 0.3) is 0 Å². The number of fused-ring (bicyclic) bond motifs is 1. The third kappa shape index (κ3) is 2.57. The highest BCUT2D eigenvalue weighted by molar-refractivity contribution is 6.13. The summed E-state index contributed by atoms with van der Waals surface area (Å²) < 4.78 is 5.74. The van der Waals surface area contributed by atoms with E-state index in [1.807, 2.05) is 6.07 Å². The molecule has 0 spiro atoms. The maximum Gasteiger partial charge on any atom is 0.214 e. The number of benzene rings is 1. The number of hydrogen-bond donors (Lipinski definition) is 1. The molecule has 0 aliphatic carbocycles. The van der Waals surface area contributed by atoms with E-state index in [4.69, 9.17) is 4.42 Å². The van der Waals surface area contributed by atoms with Crippen LogP contribution in [0.25, 0.3) is 11.1 Å². The molecule has 5 nitrogen and oxygen atoms in total. The second kappa shape index (κ2) is 5.97. The van der Waals surface area contributed by atoms with E-state index in [0.29, 0.717) is 17.7 Å². The van der Waals surface area contributed by atoms with Crippen LogP contribution in [-0.2, 0) is 6.42 Å². The van der Waals surface area contributed by atoms with Crippen molar-refractivity contribution in [2.75, 3.05) is 0 Å². The lowest BCUT2D eigenvalue weighted by atomic mass is 10.1. The Kier molecular flexibility index (Phi) is 3.87. The fourth-order valence-electron chi connectivity index (χ4n) is 2.34. The summed E-state index contributed by atoms with van der Waals surface area (Å²) in [6, 6.07) is 10.3. The Labute approximate surface area is 127 Å². The number of nitrogens with one attached hydrogen (secondary N) is 1. The standard InChI is InChI=1S/C17H16N2O3/c1-2-3-9-12-10-13(20)14-17(22-12)15(19-18-14)16(21)11-7-5-4-6-8-11/h4-8,10H,2-3,9H2,1H3,(H,18,19). The molecule has 0 saturated carbocycles. The van der Waals surface area contributed by atoms with Gasteiger partial charge in [-0.25, -0.2) is 0 Å². The van der Waals surface area contributed by atoms with Gasteiger partial charge in [0.15, 0.2) is 11.1 Å². The summed E-state index contributed by atoms with van der Waals surface area (Å²) in [5, 5.41) is 6.58. The Hall–Kier alpha value is -2.69. The smallest absolute Gasteiger partial charge is 0.214 e. The molecule has 2 heterocycles. The molecule has 0 amide bonds. The maximum absolute atomic E-state index is 12.5. The summed E-state index contributed by atoms with van der Waals surface area (Å²) >= 11 is 0. The summed E-state index contributed by atoms with van der Waals surface area (Å²) in [7, 11) is 0. The molecule has 1 N–H and O–H groups in total. The van der Waals surface area contributed by atoms with Gasteiger partial charge in [-0.05, 0) is 6.42 Å². The topological polar surface area (TPSA) is 76.0 Å². The summed E-state index contributed by atoms with van der Waals surface area (Å²) in [5.41, 5.74) is 0.925. The summed E-state index contributed by atoms with van der Waals surface area (Å²) in [6.45, 7) is 2.07. The molecule has 22 heavy (non-hydrogen) atoms. The number of H-pyrrole nitrogens is 1. The molecule has 0 radical (unpaired) electrons. The molecular formula is C17H16N2O3. The molecule has 0 aliphatic heterocycles. The number of aryl methyl sites for hydroxylation is 1. The van der Waals surface area contributed by atoms with Crippen molar-refractivity contribution in [3.05, 3.63) is 63.6 Å². The van der Waals surface area contributed by atoms with E-state index < -0.39 is 0 Å². The zero-order valence-electron chi connectivity index (χ0n) is 12.3. The second-order valence-corrected chi connectivity index (χ2v) is 5.15. The Balaban J connectivity index is 2.09. The minimum absolute atomic E-state index is 0.166. The normalized spacial score (nSPS) is 11.0. The largest absolute Gasteiger partial charge is 0.457 e. The van der Waals surface area contributed by atoms with Crippen molar-refractivity contribution in [1.82, 2.24) is 10.2 Å². The van der Waals surface area contributed by atoms with Crippen LogP contribution in [0, 0.1) is 0 Å². The molecule has 3 aromatic rings. The minimum atomic E-state index is -0.237. The van der Waals surface area contributed by atoms with Gasteiger partial charge in [0.2, 0.25) is 11.2 Å². The van der Waals surface area contributed by atoms with Crippen molar-refractivity contribution in [2.45, 2.75) is 26.2 Å². The van der Waals surface area contributed by atoms with Crippen molar-refractivity contribution < 1.29 is 9.21 Å². The quantitative estimate of drug-likeness (QED) is 0.734. The fraction of sp³-hybridized carbons (Fsp3) is 0.235. The van der Waals surface area contributed by atoms with Crippen LogP contribution in [0.2, 0.25) is 0 Å². The Morgan fingerprint density at radius 1 is 1.27 bits per heavy atom. The molecular weight excluding hydrogens is 280 g/mol. The summed E-state index contributed by atoms with van der Waals surface area (Å²) in [6.07, 6.45) is 2.60. The number of rotatable bonds is 5. The average Bonchev–Trinajstić information content (AvgIpc) is 2.97. The first-order chi connectivity index (χ1) is 10.7. The van der Waals surface area contributed by atoms with Crippen LogP contribution in [0.3, 0.4) is 0 Å². The predicted molar refractivity (Wildman–Crippen MR) is 83.1 cm³/mol. The lowest BCUT2D eigenvalue weighted by Gasteiger charge is -2.01. The highest BCUT2D eigenvalue weighted by Crippen LogP contribution is 2.19. The monoisotopic (exact) mass is 296 g/mol. The van der Waals surface area contributed by atoms with Gasteiger partial charge in [-0.15, -0.1) is 0 Å². The van der Waals surface area contributed by atoms with Gasteiger partial charge >= 0.3 is 0 Å². The molecule has 3 rings (SSSR count).